The number of nitrogens with zero attached hydrogens (tertiary/aromatic N) is 1. The molecule has 0 aliphatic carbocycles. The molecule has 0 radical (unpaired) electrons. The van der Waals surface area contributed by atoms with Gasteiger partial charge in [0.1, 0.15) is 11.9 Å². The predicted molar refractivity (Wildman–Crippen MR) is 143 cm³/mol. The van der Waals surface area contributed by atoms with E-state index in [-0.39, 0.29) is 30.8 Å². The van der Waals surface area contributed by atoms with E-state index in [4.69, 9.17) is 9.84 Å². The van der Waals surface area contributed by atoms with Crippen LogP contribution in [-0.4, -0.2) is 32.1 Å². The van der Waals surface area contributed by atoms with Gasteiger partial charge in [-0.15, -0.1) is 0 Å². The van der Waals surface area contributed by atoms with Crippen molar-refractivity contribution in [1.82, 2.24) is 0 Å². The second kappa shape index (κ2) is 11.1. The zero-order valence-electron chi connectivity index (χ0n) is 21.4. The Kier molecular flexibility index (Phi) is 8.06. The molecule has 6 nitrogen and oxygen atoms in total. The monoisotopic (exact) mass is 559 g/mol. The number of aliphatic carboxylic acids is 1. The summed E-state index contributed by atoms with van der Waals surface area (Å²) in [5.74, 6) is -0.579. The molecule has 0 spiro atoms. The quantitative estimate of drug-likeness (QED) is 0.306. The van der Waals surface area contributed by atoms with Gasteiger partial charge in [0.15, 0.2) is 0 Å². The van der Waals surface area contributed by atoms with Crippen LogP contribution in [0.4, 0.5) is 18.9 Å². The van der Waals surface area contributed by atoms with Gasteiger partial charge in [0.2, 0.25) is 0 Å². The van der Waals surface area contributed by atoms with E-state index in [1.165, 1.54) is 0 Å². The van der Waals surface area contributed by atoms with Gasteiger partial charge in [-0.2, -0.15) is 13.2 Å². The number of hydrogen-bond acceptors (Lipinski definition) is 4. The van der Waals surface area contributed by atoms with Crippen LogP contribution < -0.4 is 9.04 Å². The van der Waals surface area contributed by atoms with Gasteiger partial charge in [-0.1, -0.05) is 62.4 Å². The third kappa shape index (κ3) is 6.44. The lowest BCUT2D eigenvalue weighted by molar-refractivity contribution is -0.138. The van der Waals surface area contributed by atoms with Gasteiger partial charge in [0.25, 0.3) is 10.0 Å². The first-order valence-corrected chi connectivity index (χ1v) is 13.8. The van der Waals surface area contributed by atoms with Gasteiger partial charge < -0.3 is 9.84 Å². The lowest BCUT2D eigenvalue weighted by Gasteiger charge is -2.35. The molecule has 1 N–H and O–H groups in total. The first-order chi connectivity index (χ1) is 18.4. The van der Waals surface area contributed by atoms with E-state index in [2.05, 4.69) is 13.8 Å². The number of carboxylic acids is 1. The Bertz CT molecular complexity index is 1500. The van der Waals surface area contributed by atoms with Crippen molar-refractivity contribution in [3.63, 3.8) is 0 Å². The maximum atomic E-state index is 13.7. The Morgan fingerprint density at radius 3 is 2.51 bits per heavy atom. The number of benzene rings is 3. The van der Waals surface area contributed by atoms with Crippen LogP contribution in [0.5, 0.6) is 5.75 Å². The maximum Gasteiger partial charge on any atom is 0.416 e. The molecule has 3 aromatic carbocycles. The zero-order chi connectivity index (χ0) is 28.4. The number of rotatable bonds is 8. The van der Waals surface area contributed by atoms with Crippen LogP contribution >= 0.6 is 0 Å². The second-order valence-electron chi connectivity index (χ2n) is 9.58. The van der Waals surface area contributed by atoms with Crippen LogP contribution in [0.1, 0.15) is 54.9 Å². The Morgan fingerprint density at radius 1 is 1.08 bits per heavy atom. The number of anilines is 1. The Labute approximate surface area is 225 Å². The van der Waals surface area contributed by atoms with Crippen molar-refractivity contribution in [2.45, 2.75) is 49.8 Å². The van der Waals surface area contributed by atoms with Crippen LogP contribution in [0, 0.1) is 0 Å². The summed E-state index contributed by atoms with van der Waals surface area (Å²) in [7, 11) is -4.45. The topological polar surface area (TPSA) is 83.9 Å². The zero-order valence-corrected chi connectivity index (χ0v) is 22.2. The lowest BCUT2D eigenvalue weighted by Crippen LogP contribution is -2.43. The summed E-state index contributed by atoms with van der Waals surface area (Å²) in [6.45, 7) is 3.92. The first-order valence-electron chi connectivity index (χ1n) is 12.4. The van der Waals surface area contributed by atoms with Crippen LogP contribution in [-0.2, 0) is 21.0 Å². The second-order valence-corrected chi connectivity index (χ2v) is 11.4. The van der Waals surface area contributed by atoms with E-state index in [1.807, 2.05) is 36.4 Å². The maximum absolute atomic E-state index is 13.7. The Morgan fingerprint density at radius 2 is 1.82 bits per heavy atom. The molecule has 0 amide bonds. The van der Waals surface area contributed by atoms with Crippen molar-refractivity contribution in [2.24, 2.45) is 0 Å². The third-order valence-electron chi connectivity index (χ3n) is 6.42. The molecule has 0 bridgehead atoms. The average Bonchev–Trinajstić information content (AvgIpc) is 2.89. The molecular weight excluding hydrogens is 531 g/mol. The number of fused-ring (bicyclic) bond motifs is 1. The molecule has 0 fully saturated rings. The fourth-order valence-corrected chi connectivity index (χ4v) is 5.97. The average molecular weight is 560 g/mol. The van der Waals surface area contributed by atoms with E-state index in [9.17, 15) is 26.4 Å². The van der Waals surface area contributed by atoms with E-state index in [1.54, 1.807) is 18.2 Å². The van der Waals surface area contributed by atoms with Crippen molar-refractivity contribution >= 4 is 33.8 Å². The highest BCUT2D eigenvalue weighted by molar-refractivity contribution is 7.92. The highest BCUT2D eigenvalue weighted by atomic mass is 32.2. The Balaban J connectivity index is 1.76. The summed E-state index contributed by atoms with van der Waals surface area (Å²) >= 11 is 0. The van der Waals surface area contributed by atoms with Crippen molar-refractivity contribution in [3.05, 3.63) is 89.0 Å². The standard InChI is InChI=1S/C29H28F3NO5S/c1-19(2)25-9-4-3-6-21(25)12-10-20-11-14-27-26(16-20)33(18-23(38-27)13-15-28(34)35)39(36,37)24-8-5-7-22(17-24)29(30,31)32/h3-12,14,16-17,19,23H,13,15,18H2,1-2H3,(H,34,35)/b12-10+/t23-/m0/s1. The predicted octanol–water partition coefficient (Wildman–Crippen LogP) is 6.82. The molecule has 0 saturated heterocycles. The van der Waals surface area contributed by atoms with Crippen LogP contribution in [0.25, 0.3) is 12.2 Å². The summed E-state index contributed by atoms with van der Waals surface area (Å²) in [6.07, 6.45) is -2.00. The summed E-state index contributed by atoms with van der Waals surface area (Å²) in [5, 5.41) is 9.09. The van der Waals surface area contributed by atoms with Gasteiger partial charge in [0, 0.05) is 6.42 Å². The minimum Gasteiger partial charge on any atom is -0.486 e. The van der Waals surface area contributed by atoms with E-state index in [0.717, 1.165) is 33.6 Å². The molecule has 10 heteroatoms. The van der Waals surface area contributed by atoms with E-state index < -0.39 is 38.7 Å². The third-order valence-corrected chi connectivity index (χ3v) is 8.19. The van der Waals surface area contributed by atoms with Crippen LogP contribution in [0.2, 0.25) is 0 Å². The van der Waals surface area contributed by atoms with Crippen LogP contribution in [0.15, 0.2) is 71.6 Å². The number of hydrogen-bond donors (Lipinski definition) is 1. The smallest absolute Gasteiger partial charge is 0.416 e. The number of carboxylic acid groups (broad SMARTS) is 1. The summed E-state index contributed by atoms with van der Waals surface area (Å²) in [5.41, 5.74) is 1.89. The van der Waals surface area contributed by atoms with Crippen molar-refractivity contribution in [3.8, 4) is 5.75 Å². The van der Waals surface area contributed by atoms with Gasteiger partial charge in [-0.05, 0) is 59.4 Å². The number of halogens is 3. The molecule has 4 rings (SSSR count). The Hall–Kier alpha value is -3.79. The van der Waals surface area contributed by atoms with Crippen molar-refractivity contribution < 1.29 is 36.2 Å². The highest BCUT2D eigenvalue weighted by Gasteiger charge is 2.37. The van der Waals surface area contributed by atoms with Gasteiger partial charge in [-0.25, -0.2) is 8.42 Å². The van der Waals surface area contributed by atoms with E-state index in [0.29, 0.717) is 17.5 Å². The van der Waals surface area contributed by atoms with Crippen LogP contribution in [0.3, 0.4) is 0 Å². The van der Waals surface area contributed by atoms with Gasteiger partial charge in [-0.3, -0.25) is 9.10 Å². The van der Waals surface area contributed by atoms with Gasteiger partial charge in [0.05, 0.1) is 22.7 Å². The molecule has 39 heavy (non-hydrogen) atoms. The molecule has 1 heterocycles. The number of ether oxygens (including phenoxy) is 1. The normalized spacial score (nSPS) is 15.8. The first kappa shape index (κ1) is 28.2. The fraction of sp³-hybridized carbons (Fsp3) is 0.276. The molecule has 0 unspecified atom stereocenters. The number of alkyl halides is 3. The molecule has 206 valence electrons. The number of sulfonamides is 1. The summed E-state index contributed by atoms with van der Waals surface area (Å²) in [4.78, 5) is 10.6. The van der Waals surface area contributed by atoms with Gasteiger partial charge >= 0.3 is 12.1 Å². The molecule has 0 aromatic heterocycles. The minimum atomic E-state index is -4.72. The minimum absolute atomic E-state index is 0.0248. The van der Waals surface area contributed by atoms with Crippen molar-refractivity contribution in [2.75, 3.05) is 10.8 Å². The summed E-state index contributed by atoms with van der Waals surface area (Å²) in [6, 6.07) is 16.4. The SMILES string of the molecule is CC(C)c1ccccc1/C=C/c1ccc2c(c1)N(S(=O)(=O)c1cccc(C(F)(F)F)c1)C[C@H](CCC(=O)O)O2. The molecule has 1 aliphatic rings. The molecular formula is C29H28F3NO5S. The largest absolute Gasteiger partial charge is 0.486 e. The molecule has 1 aliphatic heterocycles. The molecule has 3 aromatic rings. The molecule has 1 atom stereocenters. The highest BCUT2D eigenvalue weighted by Crippen LogP contribution is 2.40. The fourth-order valence-electron chi connectivity index (χ4n) is 4.43. The lowest BCUT2D eigenvalue weighted by atomic mass is 9.96. The van der Waals surface area contributed by atoms with Crippen molar-refractivity contribution in [1.29, 1.82) is 0 Å². The van der Waals surface area contributed by atoms with E-state index >= 15 is 0 Å². The summed E-state index contributed by atoms with van der Waals surface area (Å²) < 4.78 is 74.3. The molecule has 0 saturated carbocycles. The number of carbonyl (C=O) groups is 1.